The molecule has 30 nitrogen and oxygen atoms in total. The van der Waals surface area contributed by atoms with Gasteiger partial charge in [0.15, 0.2) is 5.78 Å². The number of hydrogen-bond donors (Lipinski definition) is 5. The van der Waals surface area contributed by atoms with Gasteiger partial charge in [-0.1, -0.05) is 74.5 Å². The third-order valence-electron chi connectivity index (χ3n) is 19.0. The highest BCUT2D eigenvalue weighted by molar-refractivity contribution is 8.00. The molecule has 6 atom stereocenters. The molecule has 2 unspecified atom stereocenters. The normalized spacial score (nSPS) is 16.2. The van der Waals surface area contributed by atoms with Crippen molar-refractivity contribution in [2.24, 2.45) is 17.6 Å². The van der Waals surface area contributed by atoms with Crippen LogP contribution in [-0.4, -0.2) is 248 Å². The van der Waals surface area contributed by atoms with Crippen molar-refractivity contribution in [2.75, 3.05) is 172 Å². The van der Waals surface area contributed by atoms with Gasteiger partial charge in [-0.05, 0) is 76.7 Å². The van der Waals surface area contributed by atoms with Crippen LogP contribution >= 0.6 is 53.9 Å². The molecular formula is C78H98Cl2N9O21PS2. The van der Waals surface area contributed by atoms with Gasteiger partial charge >= 0.3 is 25.8 Å². The number of ketones is 1. The summed E-state index contributed by atoms with van der Waals surface area (Å²) in [6, 6.07) is 25.8. The lowest BCUT2D eigenvalue weighted by molar-refractivity contribution is -0.139. The summed E-state index contributed by atoms with van der Waals surface area (Å²) >= 11 is 15.5. The Morgan fingerprint density at radius 1 is 0.681 bits per heavy atom. The highest BCUT2D eigenvalue weighted by Gasteiger charge is 2.41. The lowest BCUT2D eigenvalue weighted by atomic mass is 9.89. The van der Waals surface area contributed by atoms with Crippen molar-refractivity contribution in [3.63, 3.8) is 0 Å². The van der Waals surface area contributed by atoms with Crippen molar-refractivity contribution >= 4 is 152 Å². The van der Waals surface area contributed by atoms with Crippen LogP contribution in [0.1, 0.15) is 93.8 Å². The number of likely N-dealkylation sites (N-methyl/N-ethyl adjacent to an activating group) is 2. The third-order valence-corrected chi connectivity index (χ3v) is 22.3. The van der Waals surface area contributed by atoms with Crippen LogP contribution in [0.2, 0.25) is 0 Å². The Hall–Kier alpha value is -8.50. The van der Waals surface area contributed by atoms with Crippen molar-refractivity contribution in [3.8, 4) is 11.5 Å². The number of thioether (sulfide) groups is 1. The quantitative estimate of drug-likeness (QED) is 0.0103. The molecule has 3 aliphatic rings. The number of benzene rings is 5. The fraction of sp³-hybridized carbons (Fsp3) is 0.487. The summed E-state index contributed by atoms with van der Waals surface area (Å²) in [5, 5.41) is 10.5. The van der Waals surface area contributed by atoms with Gasteiger partial charge in [-0.15, -0.1) is 34.5 Å². The summed E-state index contributed by atoms with van der Waals surface area (Å²) in [4.78, 5) is 151. The number of alkyl halides is 2. The largest absolute Gasteiger partial charge is 0.445 e. The molecule has 9 rings (SSSR count). The van der Waals surface area contributed by atoms with E-state index in [4.69, 9.17) is 71.4 Å². The standard InChI is InChI=1S/C78H98Cl2N9O21PS2/c1-49(2)71(84-67(91)23-28-102-30-32-104-34-36-106-38-39-107-37-35-105-33-31-103-29-27-87-68(92)43-66(112-6)75(87)96)61(90)40-51(12-11-24-82-76(81)97)72(93)83-54-19-17-50(18-20-54)48-108-77(98)85(3)25-26-86(4)78(99)109-62-41-59-69(57-15-9-7-13-55(57)62)52(44-79)46-88(59)73(94)64-21-22-65(113-64)74(95)89-47-53(45-80)70-58-16-10-8-14-56(58)63(42-60(70)89)110-111(5,100)101/h7-10,13-22,41-42,49,51-53,66,71H,11-12,23-40,43-48H2,1-6H3,(H,83,93)(H,84,91)(H,100,101)(H3,81,82,97)/t51-,52-,53-,66?,71+/m1/s1. The second-order valence-electron chi connectivity index (χ2n) is 27.6. The van der Waals surface area contributed by atoms with E-state index >= 15 is 0 Å². The van der Waals surface area contributed by atoms with Gasteiger partial charge in [0.25, 0.3) is 11.8 Å². The molecule has 6 aromatic rings. The molecule has 612 valence electrons. The summed E-state index contributed by atoms with van der Waals surface area (Å²) < 4.78 is 63.0. The predicted octanol–water partition coefficient (Wildman–Crippen LogP) is 10.00. The van der Waals surface area contributed by atoms with Crippen LogP contribution in [0, 0.1) is 11.8 Å². The van der Waals surface area contributed by atoms with E-state index in [2.05, 4.69) is 16.0 Å². The maximum atomic E-state index is 14.7. The van der Waals surface area contributed by atoms with Crippen molar-refractivity contribution in [1.29, 1.82) is 0 Å². The molecule has 0 saturated carbocycles. The molecule has 35 heteroatoms. The topological polar surface area (TPSA) is 369 Å². The number of imide groups is 1. The first kappa shape index (κ1) is 88.4. The van der Waals surface area contributed by atoms with Crippen LogP contribution in [0.3, 0.4) is 0 Å². The van der Waals surface area contributed by atoms with Gasteiger partial charge in [0, 0.05) is 131 Å². The molecule has 6 N–H and O–H groups in total. The molecule has 0 aliphatic carbocycles. The van der Waals surface area contributed by atoms with Crippen molar-refractivity contribution in [1.82, 2.24) is 25.3 Å². The number of likely N-dealkylation sites (tertiary alicyclic amines) is 1. The molecule has 0 spiro atoms. The number of anilines is 3. The summed E-state index contributed by atoms with van der Waals surface area (Å²) in [6.07, 6.45) is 0.858. The Morgan fingerprint density at radius 2 is 1.18 bits per heavy atom. The summed E-state index contributed by atoms with van der Waals surface area (Å²) in [6.45, 7) is 8.96. The molecule has 0 radical (unpaired) electrons. The molecule has 1 aromatic heterocycles. The first-order chi connectivity index (χ1) is 54.3. The molecular weight excluding hydrogens is 1560 g/mol. The number of rotatable bonds is 45. The van der Waals surface area contributed by atoms with E-state index in [-0.39, 0.29) is 172 Å². The first-order valence-corrected chi connectivity index (χ1v) is 42.3. The van der Waals surface area contributed by atoms with Gasteiger partial charge in [-0.25, -0.2) is 18.9 Å². The zero-order chi connectivity index (χ0) is 81.3. The number of primary amides is 1. The van der Waals surface area contributed by atoms with Crippen LogP contribution in [0.4, 0.5) is 31.4 Å². The lowest BCUT2D eigenvalue weighted by Gasteiger charge is -2.24. The van der Waals surface area contributed by atoms with Gasteiger partial charge < -0.3 is 88.6 Å². The number of nitrogens with two attached hydrogens (primary N) is 1. The number of halogens is 2. The average molecular weight is 1660 g/mol. The van der Waals surface area contributed by atoms with E-state index in [1.54, 1.807) is 96.4 Å². The number of nitrogens with zero attached hydrogens (tertiary/aromatic N) is 5. The number of carbonyl (C=O) groups is 10. The number of amides is 10. The molecule has 5 aromatic carbocycles. The van der Waals surface area contributed by atoms with Crippen LogP contribution in [0.25, 0.3) is 21.5 Å². The van der Waals surface area contributed by atoms with E-state index in [1.165, 1.54) is 40.6 Å². The second-order valence-corrected chi connectivity index (χ2v) is 32.1. The van der Waals surface area contributed by atoms with Crippen molar-refractivity contribution < 1.29 is 99.8 Å². The SMILES string of the molecule is CSC1CC(=O)N(CCOCCOCCOCCOCCOCCOCCC(=O)N[C@H](C(=O)C[C@@H](CCCNC(N)=O)C(=O)Nc2ccc(COC(=O)N(C)CCN(C)C(=O)Oc3cc4c(c5ccccc35)[C@H](CCl)CN4C(=O)c3ccc(C(=O)N4C[C@@H](CCl)c5c4cc(OP(C)(=O)O)c4ccccc54)s3)cc2)C(C)C)C1=O. The summed E-state index contributed by atoms with van der Waals surface area (Å²) in [7, 11) is -0.987. The van der Waals surface area contributed by atoms with E-state index < -0.39 is 61.4 Å². The zero-order valence-corrected chi connectivity index (χ0v) is 68.1. The maximum Gasteiger partial charge on any atom is 0.415 e. The fourth-order valence-corrected chi connectivity index (χ4v) is 15.8. The van der Waals surface area contributed by atoms with Crippen molar-refractivity contribution in [2.45, 2.75) is 75.7 Å². The molecule has 113 heavy (non-hydrogen) atoms. The van der Waals surface area contributed by atoms with Crippen LogP contribution < -0.4 is 40.7 Å². The molecule has 0 bridgehead atoms. The number of thiophene rings is 1. The van der Waals surface area contributed by atoms with Gasteiger partial charge in [0.1, 0.15) is 18.1 Å². The summed E-state index contributed by atoms with van der Waals surface area (Å²) in [5.41, 5.74) is 8.79. The number of hydrogen-bond acceptors (Lipinski definition) is 22. The summed E-state index contributed by atoms with van der Waals surface area (Å²) in [5.74, 6) is -3.51. The Morgan fingerprint density at radius 3 is 1.67 bits per heavy atom. The third kappa shape index (κ3) is 24.8. The number of fused-ring (bicyclic) bond motifs is 6. The Kier molecular flexibility index (Phi) is 33.9. The maximum absolute atomic E-state index is 14.7. The highest BCUT2D eigenvalue weighted by atomic mass is 35.5. The van der Waals surface area contributed by atoms with Crippen LogP contribution in [-0.2, 0) is 68.3 Å². The molecule has 1 saturated heterocycles. The van der Waals surface area contributed by atoms with Crippen LogP contribution in [0.15, 0.2) is 97.1 Å². The van der Waals surface area contributed by atoms with Gasteiger partial charge in [0.05, 0.1) is 118 Å². The average Bonchev–Trinajstić information content (AvgIpc) is 1.61. The Labute approximate surface area is 674 Å². The van der Waals surface area contributed by atoms with Crippen LogP contribution in [0.5, 0.6) is 11.5 Å². The number of carbonyl (C=O) groups excluding carboxylic acids is 10. The fourth-order valence-electron chi connectivity index (χ4n) is 13.2. The van der Waals surface area contributed by atoms with E-state index in [0.717, 1.165) is 39.9 Å². The van der Waals surface area contributed by atoms with E-state index in [9.17, 15) is 57.4 Å². The number of ether oxygens (including phenoxy) is 8. The van der Waals surface area contributed by atoms with Crippen molar-refractivity contribution in [3.05, 3.63) is 124 Å². The predicted molar refractivity (Wildman–Crippen MR) is 430 cm³/mol. The number of Topliss-reactive ketones (excluding diaryl/α,β-unsaturated/α-hetero) is 1. The van der Waals surface area contributed by atoms with E-state index in [1.807, 2.05) is 30.5 Å². The smallest absolute Gasteiger partial charge is 0.415 e. The van der Waals surface area contributed by atoms with Gasteiger partial charge in [-0.2, -0.15) is 11.8 Å². The minimum atomic E-state index is -4.01. The number of nitrogens with one attached hydrogen (secondary N) is 3. The van der Waals surface area contributed by atoms with Gasteiger partial charge in [-0.3, -0.25) is 38.5 Å². The highest BCUT2D eigenvalue weighted by Crippen LogP contribution is 2.51. The van der Waals surface area contributed by atoms with Gasteiger partial charge in [0.2, 0.25) is 23.6 Å². The molecule has 10 amide bonds. The van der Waals surface area contributed by atoms with E-state index in [0.29, 0.717) is 92.7 Å². The minimum Gasteiger partial charge on any atom is -0.445 e. The number of urea groups is 1. The zero-order valence-electron chi connectivity index (χ0n) is 64.0. The lowest BCUT2D eigenvalue weighted by Crippen LogP contribution is -2.45. The first-order valence-electron chi connectivity index (χ1n) is 37.1. The Balaban J connectivity index is 0.681. The molecule has 3 aliphatic heterocycles. The minimum absolute atomic E-state index is 0.0235. The monoisotopic (exact) mass is 1660 g/mol. The molecule has 4 heterocycles. The second kappa shape index (κ2) is 43.3. The Bertz CT molecular complexity index is 4380. The molecule has 1 fully saturated rings.